The molecular weight excluding hydrogens is 178 g/mol. The van der Waals surface area contributed by atoms with Crippen molar-refractivity contribution in [3.8, 4) is 0 Å². The van der Waals surface area contributed by atoms with Crippen molar-refractivity contribution in [2.75, 3.05) is 0 Å². The molecular formula is C11H13NS. The summed E-state index contributed by atoms with van der Waals surface area (Å²) in [6.07, 6.45) is 1.10. The highest BCUT2D eigenvalue weighted by Crippen LogP contribution is 2.36. The second kappa shape index (κ2) is 3.54. The molecule has 1 heterocycles. The second-order valence-corrected chi connectivity index (χ2v) is 4.93. The molecule has 1 nitrogen and oxygen atoms in total. The molecule has 1 atom stereocenters. The van der Waals surface area contributed by atoms with Crippen molar-refractivity contribution >= 4 is 23.2 Å². The van der Waals surface area contributed by atoms with E-state index >= 15 is 0 Å². The molecule has 0 saturated carbocycles. The van der Waals surface area contributed by atoms with E-state index in [0.717, 1.165) is 12.1 Å². The van der Waals surface area contributed by atoms with Crippen molar-refractivity contribution < 1.29 is 0 Å². The van der Waals surface area contributed by atoms with Gasteiger partial charge in [0, 0.05) is 15.9 Å². The van der Waals surface area contributed by atoms with E-state index in [4.69, 9.17) is 0 Å². The fourth-order valence-electron chi connectivity index (χ4n) is 1.57. The molecule has 2 rings (SSSR count). The Morgan fingerprint density at radius 1 is 1.38 bits per heavy atom. The van der Waals surface area contributed by atoms with Crippen molar-refractivity contribution in [3.05, 3.63) is 24.3 Å². The number of thioether (sulfide) groups is 1. The highest BCUT2D eigenvalue weighted by Gasteiger charge is 2.13. The standard InChI is InChI=1S/C11H13NS/c1-8-7-9(2)13-11-6-4-3-5-10(11)12-8/h3-6,9H,7H2,1-2H3. The van der Waals surface area contributed by atoms with E-state index in [1.165, 1.54) is 10.6 Å². The minimum absolute atomic E-state index is 0.646. The van der Waals surface area contributed by atoms with Gasteiger partial charge >= 0.3 is 0 Å². The van der Waals surface area contributed by atoms with E-state index in [0.29, 0.717) is 5.25 Å². The van der Waals surface area contributed by atoms with E-state index in [1.807, 2.05) is 17.8 Å². The lowest BCUT2D eigenvalue weighted by molar-refractivity contribution is 1.02. The maximum absolute atomic E-state index is 4.59. The third-order valence-corrected chi connectivity index (χ3v) is 3.26. The number of fused-ring (bicyclic) bond motifs is 1. The van der Waals surface area contributed by atoms with Crippen LogP contribution in [0.2, 0.25) is 0 Å². The van der Waals surface area contributed by atoms with Crippen molar-refractivity contribution in [1.82, 2.24) is 0 Å². The summed E-state index contributed by atoms with van der Waals surface area (Å²) in [5.41, 5.74) is 2.37. The van der Waals surface area contributed by atoms with Gasteiger partial charge in [-0.1, -0.05) is 19.1 Å². The number of benzene rings is 1. The lowest BCUT2D eigenvalue weighted by atomic mass is 10.2. The SMILES string of the molecule is CC1=Nc2ccccc2SC(C)C1. The number of aliphatic imine (C=N–C) groups is 1. The molecule has 0 bridgehead atoms. The van der Waals surface area contributed by atoms with Crippen LogP contribution < -0.4 is 0 Å². The molecule has 1 unspecified atom stereocenters. The molecule has 0 aliphatic carbocycles. The van der Waals surface area contributed by atoms with E-state index in [1.54, 1.807) is 0 Å². The average Bonchev–Trinajstić information content (AvgIpc) is 2.20. The van der Waals surface area contributed by atoms with E-state index in [2.05, 4.69) is 37.0 Å². The first-order valence-corrected chi connectivity index (χ1v) is 5.43. The molecule has 0 N–H and O–H groups in total. The number of rotatable bonds is 0. The van der Waals surface area contributed by atoms with Gasteiger partial charge in [0.2, 0.25) is 0 Å². The topological polar surface area (TPSA) is 12.4 Å². The fraction of sp³-hybridized carbons (Fsp3) is 0.364. The Morgan fingerprint density at radius 3 is 3.00 bits per heavy atom. The molecule has 68 valence electrons. The smallest absolute Gasteiger partial charge is 0.0764 e. The summed E-state index contributed by atoms with van der Waals surface area (Å²) in [6.45, 7) is 4.37. The lowest BCUT2D eigenvalue weighted by Crippen LogP contribution is -2.00. The van der Waals surface area contributed by atoms with Gasteiger partial charge in [0.25, 0.3) is 0 Å². The fourth-order valence-corrected chi connectivity index (χ4v) is 2.72. The normalized spacial score (nSPS) is 21.7. The van der Waals surface area contributed by atoms with Gasteiger partial charge in [0.15, 0.2) is 0 Å². The summed E-state index contributed by atoms with van der Waals surface area (Å²) in [5, 5.41) is 0.646. The summed E-state index contributed by atoms with van der Waals surface area (Å²) >= 11 is 1.92. The molecule has 1 aromatic carbocycles. The van der Waals surface area contributed by atoms with Gasteiger partial charge in [-0.3, -0.25) is 4.99 Å². The molecule has 0 fully saturated rings. The first kappa shape index (κ1) is 8.82. The van der Waals surface area contributed by atoms with Crippen molar-refractivity contribution in [1.29, 1.82) is 0 Å². The van der Waals surface area contributed by atoms with Crippen molar-refractivity contribution in [3.63, 3.8) is 0 Å². The Morgan fingerprint density at radius 2 is 2.15 bits per heavy atom. The van der Waals surface area contributed by atoms with Gasteiger partial charge < -0.3 is 0 Å². The number of nitrogens with zero attached hydrogens (tertiary/aromatic N) is 1. The number of hydrogen-bond acceptors (Lipinski definition) is 2. The third-order valence-electron chi connectivity index (χ3n) is 2.09. The van der Waals surface area contributed by atoms with Gasteiger partial charge in [0.05, 0.1) is 5.69 Å². The maximum Gasteiger partial charge on any atom is 0.0764 e. The van der Waals surface area contributed by atoms with Crippen LogP contribution in [0.25, 0.3) is 0 Å². The van der Waals surface area contributed by atoms with Gasteiger partial charge in [0.1, 0.15) is 0 Å². The van der Waals surface area contributed by atoms with E-state index in [-0.39, 0.29) is 0 Å². The molecule has 1 aliphatic heterocycles. The van der Waals surface area contributed by atoms with Crippen LogP contribution in [-0.4, -0.2) is 11.0 Å². The van der Waals surface area contributed by atoms with Crippen LogP contribution in [0.3, 0.4) is 0 Å². The van der Waals surface area contributed by atoms with E-state index in [9.17, 15) is 0 Å². The Bertz CT molecular complexity index is 344. The molecule has 2 heteroatoms. The highest BCUT2D eigenvalue weighted by molar-refractivity contribution is 8.00. The monoisotopic (exact) mass is 191 g/mol. The number of para-hydroxylation sites is 1. The first-order valence-electron chi connectivity index (χ1n) is 4.55. The lowest BCUT2D eigenvalue weighted by Gasteiger charge is -2.06. The predicted octanol–water partition coefficient (Wildman–Crippen LogP) is 3.66. The average molecular weight is 191 g/mol. The summed E-state index contributed by atoms with van der Waals surface area (Å²) in [6, 6.07) is 8.36. The predicted molar refractivity (Wildman–Crippen MR) is 59.1 cm³/mol. The zero-order valence-electron chi connectivity index (χ0n) is 7.95. The molecule has 1 aliphatic rings. The summed E-state index contributed by atoms with van der Waals surface area (Å²) in [7, 11) is 0. The molecule has 13 heavy (non-hydrogen) atoms. The zero-order valence-corrected chi connectivity index (χ0v) is 8.77. The van der Waals surface area contributed by atoms with Crippen molar-refractivity contribution in [2.24, 2.45) is 4.99 Å². The molecule has 1 aromatic rings. The Hall–Kier alpha value is -0.760. The minimum atomic E-state index is 0.646. The van der Waals surface area contributed by atoms with Crippen LogP contribution in [-0.2, 0) is 0 Å². The third kappa shape index (κ3) is 1.94. The van der Waals surface area contributed by atoms with Crippen molar-refractivity contribution in [2.45, 2.75) is 30.4 Å². The van der Waals surface area contributed by atoms with Gasteiger partial charge in [-0.2, -0.15) is 0 Å². The second-order valence-electron chi connectivity index (χ2n) is 3.45. The van der Waals surface area contributed by atoms with Crippen LogP contribution in [0, 0.1) is 0 Å². The number of hydrogen-bond donors (Lipinski definition) is 0. The summed E-state index contributed by atoms with van der Waals surface area (Å²) < 4.78 is 0. The zero-order chi connectivity index (χ0) is 9.26. The maximum atomic E-state index is 4.59. The molecule has 0 saturated heterocycles. The van der Waals surface area contributed by atoms with Crippen LogP contribution in [0.5, 0.6) is 0 Å². The largest absolute Gasteiger partial charge is 0.257 e. The molecule has 0 radical (unpaired) electrons. The van der Waals surface area contributed by atoms with Crippen LogP contribution >= 0.6 is 11.8 Å². The van der Waals surface area contributed by atoms with Gasteiger partial charge in [-0.05, 0) is 25.5 Å². The minimum Gasteiger partial charge on any atom is -0.257 e. The van der Waals surface area contributed by atoms with Gasteiger partial charge in [-0.15, -0.1) is 11.8 Å². The van der Waals surface area contributed by atoms with Crippen LogP contribution in [0.15, 0.2) is 34.2 Å². The Kier molecular flexibility index (Phi) is 2.40. The van der Waals surface area contributed by atoms with E-state index < -0.39 is 0 Å². The Balaban J connectivity index is 2.45. The first-order chi connectivity index (χ1) is 6.25. The molecule has 0 spiro atoms. The summed E-state index contributed by atoms with van der Waals surface area (Å²) in [5.74, 6) is 0. The van der Waals surface area contributed by atoms with Gasteiger partial charge in [-0.25, -0.2) is 0 Å². The van der Waals surface area contributed by atoms with Crippen LogP contribution in [0.1, 0.15) is 20.3 Å². The molecule has 0 amide bonds. The van der Waals surface area contributed by atoms with Crippen LogP contribution in [0.4, 0.5) is 5.69 Å². The molecule has 0 aromatic heterocycles. The summed E-state index contributed by atoms with van der Waals surface area (Å²) in [4.78, 5) is 5.90. The Labute approximate surface area is 83.3 Å². The quantitative estimate of drug-likeness (QED) is 0.609. The highest BCUT2D eigenvalue weighted by atomic mass is 32.2.